The van der Waals surface area contributed by atoms with Crippen LogP contribution in [0.3, 0.4) is 0 Å². The molecule has 0 spiro atoms. The highest BCUT2D eigenvalue weighted by atomic mass is 32.2. The maximum atomic E-state index is 12.9. The van der Waals surface area contributed by atoms with Gasteiger partial charge in [0.25, 0.3) is 0 Å². The Morgan fingerprint density at radius 2 is 1.96 bits per heavy atom. The van der Waals surface area contributed by atoms with E-state index in [0.29, 0.717) is 16.9 Å². The van der Waals surface area contributed by atoms with Crippen molar-refractivity contribution < 1.29 is 13.5 Å². The highest BCUT2D eigenvalue weighted by Crippen LogP contribution is 2.36. The van der Waals surface area contributed by atoms with Crippen LogP contribution < -0.4 is 0 Å². The van der Waals surface area contributed by atoms with Gasteiger partial charge < -0.3 is 9.67 Å². The van der Waals surface area contributed by atoms with Crippen molar-refractivity contribution >= 4 is 10.0 Å². The summed E-state index contributed by atoms with van der Waals surface area (Å²) in [6.45, 7) is 3.66. The normalized spacial score (nSPS) is 24.6. The Morgan fingerprint density at radius 1 is 1.25 bits per heavy atom. The van der Waals surface area contributed by atoms with Gasteiger partial charge in [0.1, 0.15) is 5.82 Å². The van der Waals surface area contributed by atoms with Gasteiger partial charge in [-0.3, -0.25) is 0 Å². The van der Waals surface area contributed by atoms with Gasteiger partial charge in [-0.15, -0.1) is 0 Å². The molecule has 130 valence electrons. The summed E-state index contributed by atoms with van der Waals surface area (Å²) < 4.78 is 29.1. The van der Waals surface area contributed by atoms with Crippen molar-refractivity contribution in [2.75, 3.05) is 7.05 Å². The zero-order valence-corrected chi connectivity index (χ0v) is 14.9. The summed E-state index contributed by atoms with van der Waals surface area (Å²) in [5.74, 6) is 0.823. The molecule has 0 radical (unpaired) electrons. The number of rotatable bonds is 4. The van der Waals surface area contributed by atoms with E-state index in [4.69, 9.17) is 0 Å². The first kappa shape index (κ1) is 17.1. The van der Waals surface area contributed by atoms with Crippen LogP contribution in [-0.4, -0.2) is 46.6 Å². The van der Waals surface area contributed by atoms with Crippen molar-refractivity contribution in [3.8, 4) is 0 Å². The van der Waals surface area contributed by atoms with Crippen molar-refractivity contribution in [3.05, 3.63) is 48.0 Å². The average Bonchev–Trinajstić information content (AvgIpc) is 3.12. The van der Waals surface area contributed by atoms with Crippen LogP contribution in [0, 0.1) is 13.8 Å². The van der Waals surface area contributed by atoms with Crippen molar-refractivity contribution in [2.45, 2.75) is 49.8 Å². The van der Waals surface area contributed by atoms with Crippen LogP contribution in [0.15, 0.2) is 41.6 Å². The molecule has 1 aromatic heterocycles. The summed E-state index contributed by atoms with van der Waals surface area (Å²) in [5.41, 5.74) is 0.707. The van der Waals surface area contributed by atoms with Gasteiger partial charge in [0, 0.05) is 19.4 Å². The number of nitrogens with zero attached hydrogens (tertiary/aromatic N) is 3. The third-order valence-electron chi connectivity index (χ3n) is 4.98. The maximum Gasteiger partial charge on any atom is 0.243 e. The Hall–Kier alpha value is -1.70. The topological polar surface area (TPSA) is 75.4 Å². The standard InChI is InChI=1S/C17H23N3O3S/c1-12-6-4-5-7-16(12)24(22,23)19(3)14-8-9-15(17(14)21)20-11-10-18-13(20)2/h4-7,10-11,14-15,17,21H,8-9H2,1-3H3/t14-,15-,17-/m1/s1. The summed E-state index contributed by atoms with van der Waals surface area (Å²) in [6.07, 6.45) is 4.11. The predicted molar refractivity (Wildman–Crippen MR) is 91.2 cm³/mol. The van der Waals surface area contributed by atoms with Crippen molar-refractivity contribution in [2.24, 2.45) is 0 Å². The van der Waals surface area contributed by atoms with Crippen molar-refractivity contribution in [3.63, 3.8) is 0 Å². The molecule has 3 rings (SSSR count). The number of aromatic nitrogens is 2. The number of aliphatic hydroxyl groups is 1. The first-order chi connectivity index (χ1) is 11.3. The molecule has 7 heteroatoms. The highest BCUT2D eigenvalue weighted by Gasteiger charge is 2.42. The highest BCUT2D eigenvalue weighted by molar-refractivity contribution is 7.89. The zero-order chi connectivity index (χ0) is 17.5. The smallest absolute Gasteiger partial charge is 0.243 e. The third kappa shape index (κ3) is 2.76. The molecule has 2 aromatic rings. The number of imidazole rings is 1. The Morgan fingerprint density at radius 3 is 2.58 bits per heavy atom. The van der Waals surface area contributed by atoms with Crippen LogP contribution in [0.1, 0.15) is 30.3 Å². The Balaban J connectivity index is 1.87. The minimum Gasteiger partial charge on any atom is -0.389 e. The molecule has 1 N–H and O–H groups in total. The molecular formula is C17H23N3O3S. The number of likely N-dealkylation sites (N-methyl/N-ethyl adjacent to an activating group) is 1. The van der Waals surface area contributed by atoms with E-state index in [1.54, 1.807) is 38.4 Å². The number of hydrogen-bond donors (Lipinski definition) is 1. The minimum atomic E-state index is -3.64. The van der Waals surface area contributed by atoms with E-state index in [9.17, 15) is 13.5 Å². The third-order valence-corrected chi connectivity index (χ3v) is 7.03. The van der Waals surface area contributed by atoms with E-state index < -0.39 is 22.2 Å². The molecule has 1 aliphatic carbocycles. The van der Waals surface area contributed by atoms with Crippen LogP contribution in [0.25, 0.3) is 0 Å². The van der Waals surface area contributed by atoms with Gasteiger partial charge in [-0.05, 0) is 38.3 Å². The Labute approximate surface area is 142 Å². The number of benzene rings is 1. The molecule has 1 saturated carbocycles. The zero-order valence-electron chi connectivity index (χ0n) is 14.1. The van der Waals surface area contributed by atoms with Crippen molar-refractivity contribution in [1.82, 2.24) is 13.9 Å². The number of aliphatic hydroxyl groups excluding tert-OH is 1. The molecule has 24 heavy (non-hydrogen) atoms. The van der Waals surface area contributed by atoms with Gasteiger partial charge in [-0.2, -0.15) is 4.31 Å². The molecule has 1 fully saturated rings. The van der Waals surface area contributed by atoms with Crippen molar-refractivity contribution in [1.29, 1.82) is 0 Å². The predicted octanol–water partition coefficient (Wildman–Crippen LogP) is 1.89. The second-order valence-electron chi connectivity index (χ2n) is 6.37. The van der Waals surface area contributed by atoms with Gasteiger partial charge in [-0.1, -0.05) is 18.2 Å². The molecule has 0 aliphatic heterocycles. The molecule has 3 atom stereocenters. The van der Waals surface area contributed by atoms with Crippen LogP contribution in [-0.2, 0) is 10.0 Å². The van der Waals surface area contributed by atoms with E-state index in [1.807, 2.05) is 23.8 Å². The van der Waals surface area contributed by atoms with Crippen LogP contribution in [0.4, 0.5) is 0 Å². The van der Waals surface area contributed by atoms with E-state index in [0.717, 1.165) is 12.2 Å². The summed E-state index contributed by atoms with van der Waals surface area (Å²) in [4.78, 5) is 4.49. The average molecular weight is 349 g/mol. The quantitative estimate of drug-likeness (QED) is 0.914. The van der Waals surface area contributed by atoms with E-state index in [2.05, 4.69) is 4.98 Å². The summed E-state index contributed by atoms with van der Waals surface area (Å²) in [7, 11) is -2.09. The molecule has 0 unspecified atom stereocenters. The Kier molecular flexibility index (Phi) is 4.50. The lowest BCUT2D eigenvalue weighted by molar-refractivity contribution is 0.0876. The largest absolute Gasteiger partial charge is 0.389 e. The lowest BCUT2D eigenvalue weighted by Gasteiger charge is -2.29. The van der Waals surface area contributed by atoms with Crippen LogP contribution in [0.5, 0.6) is 0 Å². The molecule has 0 bridgehead atoms. The lowest BCUT2D eigenvalue weighted by atomic mass is 10.2. The fourth-order valence-electron chi connectivity index (χ4n) is 3.56. The maximum absolute atomic E-state index is 12.9. The fraction of sp³-hybridized carbons (Fsp3) is 0.471. The van der Waals surface area contributed by atoms with Gasteiger partial charge in [-0.25, -0.2) is 13.4 Å². The first-order valence-electron chi connectivity index (χ1n) is 8.05. The SMILES string of the molecule is Cc1ccccc1S(=O)(=O)N(C)[C@@H]1CC[C@@H](n2ccnc2C)[C@@H]1O. The molecule has 1 aromatic carbocycles. The van der Waals surface area contributed by atoms with Gasteiger partial charge in [0.05, 0.1) is 23.1 Å². The fourth-order valence-corrected chi connectivity index (χ4v) is 5.18. The van der Waals surface area contributed by atoms with Crippen LogP contribution in [0.2, 0.25) is 0 Å². The molecule has 6 nitrogen and oxygen atoms in total. The summed E-state index contributed by atoms with van der Waals surface area (Å²) in [6, 6.07) is 6.34. The van der Waals surface area contributed by atoms with E-state index in [1.165, 1.54) is 4.31 Å². The second-order valence-corrected chi connectivity index (χ2v) is 8.34. The van der Waals surface area contributed by atoms with E-state index >= 15 is 0 Å². The molecule has 1 heterocycles. The minimum absolute atomic E-state index is 0.146. The molecule has 1 aliphatic rings. The lowest BCUT2D eigenvalue weighted by Crippen LogP contribution is -2.43. The van der Waals surface area contributed by atoms with E-state index in [-0.39, 0.29) is 6.04 Å². The van der Waals surface area contributed by atoms with Gasteiger partial charge in [0.15, 0.2) is 0 Å². The summed E-state index contributed by atoms with van der Waals surface area (Å²) in [5, 5.41) is 10.7. The Bertz CT molecular complexity index is 831. The second kappa shape index (κ2) is 6.31. The van der Waals surface area contributed by atoms with Gasteiger partial charge >= 0.3 is 0 Å². The number of hydrogen-bond acceptors (Lipinski definition) is 4. The number of aryl methyl sites for hydroxylation is 2. The summed E-state index contributed by atoms with van der Waals surface area (Å²) >= 11 is 0. The molecule has 0 saturated heterocycles. The van der Waals surface area contributed by atoms with Crippen LogP contribution >= 0.6 is 0 Å². The molecule has 0 amide bonds. The number of sulfonamides is 1. The monoisotopic (exact) mass is 349 g/mol. The first-order valence-corrected chi connectivity index (χ1v) is 9.49. The molecular weight excluding hydrogens is 326 g/mol. The van der Waals surface area contributed by atoms with Gasteiger partial charge in [0.2, 0.25) is 10.0 Å².